The average Bonchev–Trinajstić information content (AvgIpc) is 2.67. The van der Waals surface area contributed by atoms with Crippen LogP contribution in [0.4, 0.5) is 0 Å². The number of phenols is 1. The van der Waals surface area contributed by atoms with Gasteiger partial charge in [-0.25, -0.2) is 5.48 Å². The molecular weight excluding hydrogens is 328 g/mol. The first kappa shape index (κ1) is 19.4. The molecule has 1 amide bonds. The molecule has 2 aromatic carbocycles. The Morgan fingerprint density at radius 2 is 1.81 bits per heavy atom. The smallest absolute Gasteiger partial charge is 0.267 e. The molecule has 5 heteroatoms. The number of aromatic hydroxyl groups is 1. The van der Waals surface area contributed by atoms with E-state index < -0.39 is 5.91 Å². The molecule has 5 nitrogen and oxygen atoms in total. The second-order valence-corrected chi connectivity index (χ2v) is 6.13. The number of rotatable bonds is 8. The summed E-state index contributed by atoms with van der Waals surface area (Å²) in [6.07, 6.45) is 5.16. The number of hydrogen-bond donors (Lipinski definition) is 4. The van der Waals surface area contributed by atoms with Gasteiger partial charge in [0.25, 0.3) is 5.91 Å². The normalized spacial score (nSPS) is 12.1. The molecule has 0 aliphatic carbocycles. The van der Waals surface area contributed by atoms with Gasteiger partial charge in [0.1, 0.15) is 5.75 Å². The minimum absolute atomic E-state index is 0.0610. The summed E-state index contributed by atoms with van der Waals surface area (Å²) in [6.45, 7) is 2.07. The number of nitrogens with one attached hydrogen (secondary N) is 2. The molecule has 0 saturated carbocycles. The SMILES string of the molecule is CCC(C(=N)CCc1ccc(O)cc1)c1ccc(/C=C/C(=O)NO)cc1. The van der Waals surface area contributed by atoms with Gasteiger partial charge < -0.3 is 10.5 Å². The summed E-state index contributed by atoms with van der Waals surface area (Å²) in [5, 5.41) is 26.3. The highest BCUT2D eigenvalue weighted by atomic mass is 16.5. The van der Waals surface area contributed by atoms with Crippen LogP contribution in [0.3, 0.4) is 0 Å². The van der Waals surface area contributed by atoms with Crippen LogP contribution in [0.1, 0.15) is 42.4 Å². The van der Waals surface area contributed by atoms with Gasteiger partial charge >= 0.3 is 0 Å². The number of carbonyl (C=O) groups excluding carboxylic acids is 1. The van der Waals surface area contributed by atoms with Crippen molar-refractivity contribution >= 4 is 17.7 Å². The van der Waals surface area contributed by atoms with Gasteiger partial charge in [-0.1, -0.05) is 43.3 Å². The van der Waals surface area contributed by atoms with Crippen LogP contribution < -0.4 is 5.48 Å². The first-order valence-corrected chi connectivity index (χ1v) is 8.60. The largest absolute Gasteiger partial charge is 0.508 e. The summed E-state index contributed by atoms with van der Waals surface area (Å²) in [6, 6.07) is 14.8. The zero-order chi connectivity index (χ0) is 18.9. The van der Waals surface area contributed by atoms with Crippen molar-refractivity contribution in [1.29, 1.82) is 5.41 Å². The molecular formula is C21H24N2O3. The van der Waals surface area contributed by atoms with E-state index in [4.69, 9.17) is 10.6 Å². The number of hydrogen-bond acceptors (Lipinski definition) is 4. The zero-order valence-electron chi connectivity index (χ0n) is 14.8. The van der Waals surface area contributed by atoms with E-state index in [1.54, 1.807) is 23.7 Å². The number of phenolic OH excluding ortho intramolecular Hbond substituents is 1. The maximum absolute atomic E-state index is 11.0. The standard InChI is InChI=1S/C21H24N2O3/c1-2-19(20(22)13-7-16-5-11-18(24)12-6-16)17-9-3-15(4-10-17)8-14-21(25)23-26/h3-6,8-12,14,19,22,24,26H,2,7,13H2,1H3,(H,23,25)/b14-8+,22-20?. The third kappa shape index (κ3) is 5.57. The fourth-order valence-electron chi connectivity index (χ4n) is 2.85. The molecule has 1 atom stereocenters. The monoisotopic (exact) mass is 352 g/mol. The Labute approximate surface area is 153 Å². The molecule has 0 aromatic heterocycles. The number of carbonyl (C=O) groups is 1. The summed E-state index contributed by atoms with van der Waals surface area (Å²) in [7, 11) is 0. The van der Waals surface area contributed by atoms with Crippen molar-refractivity contribution in [2.75, 3.05) is 0 Å². The zero-order valence-corrected chi connectivity index (χ0v) is 14.8. The second kappa shape index (κ2) is 9.53. The van der Waals surface area contributed by atoms with E-state index in [0.717, 1.165) is 29.5 Å². The Kier molecular flexibility index (Phi) is 7.12. The van der Waals surface area contributed by atoms with Crippen molar-refractivity contribution in [2.24, 2.45) is 0 Å². The van der Waals surface area contributed by atoms with Crippen molar-refractivity contribution in [3.8, 4) is 5.75 Å². The van der Waals surface area contributed by atoms with Crippen molar-refractivity contribution in [3.63, 3.8) is 0 Å². The molecule has 1 unspecified atom stereocenters. The van der Waals surface area contributed by atoms with Gasteiger partial charge in [-0.2, -0.15) is 0 Å². The molecule has 136 valence electrons. The fourth-order valence-corrected chi connectivity index (χ4v) is 2.85. The van der Waals surface area contributed by atoms with Crippen LogP contribution in [-0.2, 0) is 11.2 Å². The summed E-state index contributed by atoms with van der Waals surface area (Å²) in [5.74, 6) is -0.261. The lowest BCUT2D eigenvalue weighted by Gasteiger charge is -2.17. The summed E-state index contributed by atoms with van der Waals surface area (Å²) in [5.41, 5.74) is 5.26. The number of benzene rings is 2. The quantitative estimate of drug-likeness (QED) is 0.250. The van der Waals surface area contributed by atoms with Gasteiger partial charge in [-0.05, 0) is 54.2 Å². The molecule has 0 aliphatic rings. The van der Waals surface area contributed by atoms with E-state index in [1.807, 2.05) is 36.4 Å². The van der Waals surface area contributed by atoms with Crippen molar-refractivity contribution in [2.45, 2.75) is 32.1 Å². The first-order valence-electron chi connectivity index (χ1n) is 8.60. The number of aryl methyl sites for hydroxylation is 1. The van der Waals surface area contributed by atoms with Gasteiger partial charge in [0.15, 0.2) is 0 Å². The number of amides is 1. The van der Waals surface area contributed by atoms with E-state index in [9.17, 15) is 9.90 Å². The Balaban J connectivity index is 2.00. The Hall–Kier alpha value is -2.92. The summed E-state index contributed by atoms with van der Waals surface area (Å²) in [4.78, 5) is 11.0. The van der Waals surface area contributed by atoms with Gasteiger partial charge in [0.05, 0.1) is 0 Å². The molecule has 2 aromatic rings. The molecule has 0 fully saturated rings. The van der Waals surface area contributed by atoms with E-state index in [2.05, 4.69) is 6.92 Å². The highest BCUT2D eigenvalue weighted by molar-refractivity contribution is 5.91. The highest BCUT2D eigenvalue weighted by Crippen LogP contribution is 2.24. The molecule has 2 rings (SSSR count). The lowest BCUT2D eigenvalue weighted by Crippen LogP contribution is -2.14. The van der Waals surface area contributed by atoms with Crippen LogP contribution in [0.15, 0.2) is 54.6 Å². The molecule has 26 heavy (non-hydrogen) atoms. The minimum Gasteiger partial charge on any atom is -0.508 e. The first-order chi connectivity index (χ1) is 12.5. The highest BCUT2D eigenvalue weighted by Gasteiger charge is 2.15. The van der Waals surface area contributed by atoms with Crippen LogP contribution in [-0.4, -0.2) is 21.9 Å². The van der Waals surface area contributed by atoms with E-state index in [-0.39, 0.29) is 11.7 Å². The Morgan fingerprint density at radius 1 is 1.15 bits per heavy atom. The van der Waals surface area contributed by atoms with Crippen molar-refractivity contribution in [1.82, 2.24) is 5.48 Å². The topological polar surface area (TPSA) is 93.4 Å². The second-order valence-electron chi connectivity index (χ2n) is 6.13. The van der Waals surface area contributed by atoms with Gasteiger partial charge in [0.2, 0.25) is 0 Å². The minimum atomic E-state index is -0.573. The maximum atomic E-state index is 11.0. The predicted octanol–water partition coefficient (Wildman–Crippen LogP) is 4.06. The lowest BCUT2D eigenvalue weighted by molar-refractivity contribution is -0.124. The van der Waals surface area contributed by atoms with Gasteiger partial charge in [-0.15, -0.1) is 0 Å². The molecule has 0 aliphatic heterocycles. The van der Waals surface area contributed by atoms with E-state index in [0.29, 0.717) is 12.1 Å². The van der Waals surface area contributed by atoms with Crippen LogP contribution >= 0.6 is 0 Å². The van der Waals surface area contributed by atoms with E-state index in [1.165, 1.54) is 6.08 Å². The molecule has 0 spiro atoms. The van der Waals surface area contributed by atoms with Crippen molar-refractivity contribution < 1.29 is 15.1 Å². The predicted molar refractivity (Wildman–Crippen MR) is 103 cm³/mol. The number of hydroxylamine groups is 1. The van der Waals surface area contributed by atoms with Gasteiger partial charge in [-0.3, -0.25) is 10.0 Å². The molecule has 0 saturated heterocycles. The van der Waals surface area contributed by atoms with Gasteiger partial charge in [0, 0.05) is 17.7 Å². The molecule has 0 radical (unpaired) electrons. The molecule has 0 heterocycles. The van der Waals surface area contributed by atoms with Crippen LogP contribution in [0.25, 0.3) is 6.08 Å². The Bertz CT molecular complexity index is 765. The molecule has 0 bridgehead atoms. The average molecular weight is 352 g/mol. The van der Waals surface area contributed by atoms with Crippen LogP contribution in [0, 0.1) is 5.41 Å². The summed E-state index contributed by atoms with van der Waals surface area (Å²) < 4.78 is 0. The Morgan fingerprint density at radius 3 is 2.38 bits per heavy atom. The van der Waals surface area contributed by atoms with Crippen LogP contribution in [0.5, 0.6) is 5.75 Å². The third-order valence-corrected chi connectivity index (χ3v) is 4.32. The molecule has 4 N–H and O–H groups in total. The lowest BCUT2D eigenvalue weighted by atomic mass is 9.88. The van der Waals surface area contributed by atoms with Crippen LogP contribution in [0.2, 0.25) is 0 Å². The van der Waals surface area contributed by atoms with Crippen molar-refractivity contribution in [3.05, 3.63) is 71.3 Å². The third-order valence-electron chi connectivity index (χ3n) is 4.32. The summed E-state index contributed by atoms with van der Waals surface area (Å²) >= 11 is 0. The maximum Gasteiger partial charge on any atom is 0.267 e. The fraction of sp³-hybridized carbons (Fsp3) is 0.238. The van der Waals surface area contributed by atoms with E-state index >= 15 is 0 Å².